The minimum absolute atomic E-state index is 0.184. The number of carbonyl (C=O) groups excluding carboxylic acids is 1. The van der Waals surface area contributed by atoms with Gasteiger partial charge < -0.3 is 4.57 Å². The van der Waals surface area contributed by atoms with Crippen molar-refractivity contribution in [1.29, 1.82) is 0 Å². The van der Waals surface area contributed by atoms with Gasteiger partial charge in [0.1, 0.15) is 0 Å². The third-order valence-corrected chi connectivity index (χ3v) is 3.18. The molecule has 16 heavy (non-hydrogen) atoms. The summed E-state index contributed by atoms with van der Waals surface area (Å²) in [5.41, 5.74) is 1.62. The summed E-state index contributed by atoms with van der Waals surface area (Å²) >= 11 is 1.45. The predicted molar refractivity (Wildman–Crippen MR) is 64.4 cm³/mol. The second kappa shape index (κ2) is 4.45. The van der Waals surface area contributed by atoms with Crippen LogP contribution < -0.4 is 4.80 Å². The predicted octanol–water partition coefficient (Wildman–Crippen LogP) is 2.14. The Morgan fingerprint density at radius 3 is 2.75 bits per heavy atom. The van der Waals surface area contributed by atoms with Crippen LogP contribution in [0, 0.1) is 6.92 Å². The fourth-order valence-corrected chi connectivity index (χ4v) is 2.12. The summed E-state index contributed by atoms with van der Waals surface area (Å²) in [5.74, 6) is -0.184. The van der Waals surface area contributed by atoms with Crippen molar-refractivity contribution in [3.8, 4) is 0 Å². The minimum atomic E-state index is -0.184. The van der Waals surface area contributed by atoms with Crippen molar-refractivity contribution in [3.63, 3.8) is 0 Å². The normalized spacial score (nSPS) is 11.8. The van der Waals surface area contributed by atoms with Gasteiger partial charge in [-0.3, -0.25) is 4.79 Å². The number of rotatable bonds is 1. The molecular weight excluding hydrogens is 220 g/mol. The quantitative estimate of drug-likeness (QED) is 0.741. The van der Waals surface area contributed by atoms with Crippen molar-refractivity contribution in [2.45, 2.75) is 6.92 Å². The summed E-state index contributed by atoms with van der Waals surface area (Å²) in [7, 11) is 1.88. The molecule has 0 aliphatic rings. The Kier molecular flexibility index (Phi) is 3.01. The van der Waals surface area contributed by atoms with E-state index in [9.17, 15) is 4.79 Å². The molecule has 0 aliphatic heterocycles. The zero-order valence-electron chi connectivity index (χ0n) is 9.18. The fraction of sp³-hybridized carbons (Fsp3) is 0.167. The molecule has 0 spiro atoms. The van der Waals surface area contributed by atoms with Gasteiger partial charge in [0.2, 0.25) is 0 Å². The van der Waals surface area contributed by atoms with E-state index in [-0.39, 0.29) is 5.91 Å². The van der Waals surface area contributed by atoms with Crippen LogP contribution in [0.5, 0.6) is 0 Å². The third kappa shape index (κ3) is 2.12. The van der Waals surface area contributed by atoms with Gasteiger partial charge in [-0.15, -0.1) is 11.3 Å². The molecular formula is C12H12N2OS. The van der Waals surface area contributed by atoms with Gasteiger partial charge in [0, 0.05) is 24.2 Å². The molecule has 0 unspecified atom stereocenters. The van der Waals surface area contributed by atoms with Crippen LogP contribution in [0.3, 0.4) is 0 Å². The lowest BCUT2D eigenvalue weighted by Gasteiger charge is -1.99. The largest absolute Gasteiger partial charge is 0.327 e. The van der Waals surface area contributed by atoms with Crippen molar-refractivity contribution < 1.29 is 4.79 Å². The summed E-state index contributed by atoms with van der Waals surface area (Å²) in [4.78, 5) is 16.7. The Balaban J connectivity index is 2.43. The summed E-state index contributed by atoms with van der Waals surface area (Å²) in [6, 6.07) is 7.48. The van der Waals surface area contributed by atoms with E-state index in [0.29, 0.717) is 10.4 Å². The molecule has 2 rings (SSSR count). The molecule has 4 heteroatoms. The summed E-state index contributed by atoms with van der Waals surface area (Å²) in [6.45, 7) is 1.91. The lowest BCUT2D eigenvalue weighted by Crippen LogP contribution is -2.13. The number of hydrogen-bond acceptors (Lipinski definition) is 2. The molecule has 0 N–H and O–H groups in total. The molecule has 3 nitrogen and oxygen atoms in total. The molecule has 0 fully saturated rings. The van der Waals surface area contributed by atoms with Gasteiger partial charge in [0.15, 0.2) is 4.80 Å². The van der Waals surface area contributed by atoms with E-state index in [0.717, 1.165) is 5.56 Å². The van der Waals surface area contributed by atoms with Gasteiger partial charge in [-0.05, 0) is 18.6 Å². The number of nitrogens with zero attached hydrogens (tertiary/aromatic N) is 2. The van der Waals surface area contributed by atoms with E-state index < -0.39 is 0 Å². The lowest BCUT2D eigenvalue weighted by atomic mass is 10.1. The van der Waals surface area contributed by atoms with E-state index in [1.165, 1.54) is 11.3 Å². The average Bonchev–Trinajstić information content (AvgIpc) is 2.65. The van der Waals surface area contributed by atoms with E-state index >= 15 is 0 Å². The maximum atomic E-state index is 11.9. The average molecular weight is 232 g/mol. The maximum Gasteiger partial charge on any atom is 0.279 e. The molecule has 0 saturated heterocycles. The van der Waals surface area contributed by atoms with E-state index in [4.69, 9.17) is 0 Å². The summed E-state index contributed by atoms with van der Waals surface area (Å²) in [5, 5.41) is 1.91. The van der Waals surface area contributed by atoms with E-state index in [1.54, 1.807) is 6.07 Å². The third-order valence-electron chi connectivity index (χ3n) is 2.33. The van der Waals surface area contributed by atoms with Crippen molar-refractivity contribution in [1.82, 2.24) is 4.57 Å². The SMILES string of the molecule is Cc1ccccc1C(=O)N=c1sccn1C. The second-order valence-corrected chi connectivity index (χ2v) is 4.40. The van der Waals surface area contributed by atoms with Crippen LogP contribution in [0.4, 0.5) is 0 Å². The molecule has 0 bridgehead atoms. The molecule has 1 aromatic carbocycles. The van der Waals surface area contributed by atoms with Crippen LogP contribution in [-0.2, 0) is 7.05 Å². The molecule has 82 valence electrons. The van der Waals surface area contributed by atoms with Crippen LogP contribution in [0.1, 0.15) is 15.9 Å². The fourth-order valence-electron chi connectivity index (χ4n) is 1.39. The number of thiazole rings is 1. The van der Waals surface area contributed by atoms with Gasteiger partial charge in [-0.25, -0.2) is 0 Å². The van der Waals surface area contributed by atoms with Gasteiger partial charge in [-0.1, -0.05) is 18.2 Å². The highest BCUT2D eigenvalue weighted by Gasteiger charge is 2.06. The Morgan fingerprint density at radius 2 is 2.12 bits per heavy atom. The van der Waals surface area contributed by atoms with Crippen molar-refractivity contribution in [2.75, 3.05) is 0 Å². The van der Waals surface area contributed by atoms with Crippen LogP contribution in [-0.4, -0.2) is 10.5 Å². The van der Waals surface area contributed by atoms with Gasteiger partial charge in [-0.2, -0.15) is 4.99 Å². The zero-order chi connectivity index (χ0) is 11.5. The first-order chi connectivity index (χ1) is 7.68. The molecule has 0 radical (unpaired) electrons. The van der Waals surface area contributed by atoms with Crippen molar-refractivity contribution >= 4 is 17.2 Å². The summed E-state index contributed by atoms with van der Waals surface area (Å²) in [6.07, 6.45) is 1.88. The lowest BCUT2D eigenvalue weighted by molar-refractivity contribution is 0.0997. The first-order valence-electron chi connectivity index (χ1n) is 4.93. The first-order valence-corrected chi connectivity index (χ1v) is 5.81. The molecule has 0 aliphatic carbocycles. The molecule has 1 aromatic heterocycles. The standard InChI is InChI=1S/C12H12N2OS/c1-9-5-3-4-6-10(9)11(15)13-12-14(2)7-8-16-12/h3-8H,1-2H3. The van der Waals surface area contributed by atoms with Crippen LogP contribution >= 0.6 is 11.3 Å². The smallest absolute Gasteiger partial charge is 0.279 e. The second-order valence-electron chi connectivity index (χ2n) is 3.53. The number of carbonyl (C=O) groups is 1. The number of amides is 1. The zero-order valence-corrected chi connectivity index (χ0v) is 9.99. The van der Waals surface area contributed by atoms with Crippen LogP contribution in [0.15, 0.2) is 40.8 Å². The van der Waals surface area contributed by atoms with Crippen LogP contribution in [0.2, 0.25) is 0 Å². The maximum absolute atomic E-state index is 11.9. The number of benzene rings is 1. The molecule has 1 heterocycles. The summed E-state index contributed by atoms with van der Waals surface area (Å²) < 4.78 is 1.83. The highest BCUT2D eigenvalue weighted by atomic mass is 32.1. The topological polar surface area (TPSA) is 34.4 Å². The molecule has 1 amide bonds. The Bertz CT molecular complexity index is 580. The van der Waals surface area contributed by atoms with Crippen LogP contribution in [0.25, 0.3) is 0 Å². The Hall–Kier alpha value is -1.68. The Labute approximate surface area is 97.7 Å². The van der Waals surface area contributed by atoms with Gasteiger partial charge >= 0.3 is 0 Å². The minimum Gasteiger partial charge on any atom is -0.327 e. The molecule has 0 atom stereocenters. The van der Waals surface area contributed by atoms with E-state index in [1.807, 2.05) is 48.3 Å². The van der Waals surface area contributed by atoms with Gasteiger partial charge in [0.05, 0.1) is 0 Å². The highest BCUT2D eigenvalue weighted by Crippen LogP contribution is 2.07. The number of aromatic nitrogens is 1. The molecule has 0 saturated carbocycles. The van der Waals surface area contributed by atoms with Crippen molar-refractivity contribution in [2.24, 2.45) is 12.0 Å². The monoisotopic (exact) mass is 232 g/mol. The van der Waals surface area contributed by atoms with Gasteiger partial charge in [0.25, 0.3) is 5.91 Å². The first kappa shape index (κ1) is 10.8. The Morgan fingerprint density at radius 1 is 1.38 bits per heavy atom. The van der Waals surface area contributed by atoms with E-state index in [2.05, 4.69) is 4.99 Å². The number of hydrogen-bond donors (Lipinski definition) is 0. The highest BCUT2D eigenvalue weighted by molar-refractivity contribution is 7.07. The van der Waals surface area contributed by atoms with Crippen molar-refractivity contribution in [3.05, 3.63) is 51.8 Å². The number of aryl methyl sites for hydroxylation is 2. The molecule has 2 aromatic rings.